The SMILES string of the molecule is CCCC(CCC)C(=O)N[C@@H](CC(O)O)C(=O)O. The molecule has 0 spiro atoms. The molecular weight excluding hydrogens is 238 g/mol. The molecular formula is C12H23NO5. The summed E-state index contributed by atoms with van der Waals surface area (Å²) in [5.41, 5.74) is 0. The Hall–Kier alpha value is -1.14. The number of amides is 1. The lowest BCUT2D eigenvalue weighted by molar-refractivity contribution is -0.146. The Morgan fingerprint density at radius 3 is 1.94 bits per heavy atom. The fraction of sp³-hybridized carbons (Fsp3) is 0.833. The molecule has 0 fully saturated rings. The largest absolute Gasteiger partial charge is 0.480 e. The van der Waals surface area contributed by atoms with Gasteiger partial charge in [0, 0.05) is 12.3 Å². The van der Waals surface area contributed by atoms with E-state index in [0.717, 1.165) is 12.8 Å². The van der Waals surface area contributed by atoms with Crippen molar-refractivity contribution in [2.75, 3.05) is 0 Å². The lowest BCUT2D eigenvalue weighted by Gasteiger charge is -2.20. The van der Waals surface area contributed by atoms with Crippen LogP contribution in [-0.4, -0.2) is 39.5 Å². The smallest absolute Gasteiger partial charge is 0.326 e. The fourth-order valence-corrected chi connectivity index (χ4v) is 1.83. The molecule has 106 valence electrons. The van der Waals surface area contributed by atoms with Gasteiger partial charge in [0.15, 0.2) is 6.29 Å². The molecule has 0 bridgehead atoms. The number of aliphatic hydroxyl groups excluding tert-OH is 1. The number of carbonyl (C=O) groups excluding carboxylic acids is 1. The van der Waals surface area contributed by atoms with E-state index in [1.54, 1.807) is 0 Å². The molecule has 6 nitrogen and oxygen atoms in total. The molecule has 4 N–H and O–H groups in total. The predicted octanol–water partition coefficient (Wildman–Crippen LogP) is 0.473. The zero-order valence-electron chi connectivity index (χ0n) is 10.9. The third-order valence-electron chi connectivity index (χ3n) is 2.71. The second-order valence-electron chi connectivity index (χ2n) is 4.39. The third-order valence-corrected chi connectivity index (χ3v) is 2.71. The first kappa shape index (κ1) is 16.9. The number of rotatable bonds is 9. The van der Waals surface area contributed by atoms with E-state index in [1.165, 1.54) is 0 Å². The highest BCUT2D eigenvalue weighted by Gasteiger charge is 2.25. The summed E-state index contributed by atoms with van der Waals surface area (Å²) in [6, 6.07) is -1.26. The zero-order chi connectivity index (χ0) is 14.1. The molecule has 0 radical (unpaired) electrons. The number of nitrogens with one attached hydrogen (secondary N) is 1. The molecule has 0 saturated carbocycles. The van der Waals surface area contributed by atoms with Crippen LogP contribution >= 0.6 is 0 Å². The van der Waals surface area contributed by atoms with Crippen molar-refractivity contribution in [1.82, 2.24) is 5.32 Å². The molecule has 0 aromatic carbocycles. The summed E-state index contributed by atoms with van der Waals surface area (Å²) >= 11 is 0. The molecule has 0 unspecified atom stereocenters. The van der Waals surface area contributed by atoms with Crippen LogP contribution in [0.4, 0.5) is 0 Å². The molecule has 18 heavy (non-hydrogen) atoms. The maximum Gasteiger partial charge on any atom is 0.326 e. The van der Waals surface area contributed by atoms with E-state index in [1.807, 2.05) is 13.8 Å². The van der Waals surface area contributed by atoms with Gasteiger partial charge in [-0.15, -0.1) is 0 Å². The highest BCUT2D eigenvalue weighted by Crippen LogP contribution is 2.14. The van der Waals surface area contributed by atoms with E-state index >= 15 is 0 Å². The molecule has 0 heterocycles. The summed E-state index contributed by atoms with van der Waals surface area (Å²) in [6.45, 7) is 3.92. The number of hydrogen-bond acceptors (Lipinski definition) is 4. The Labute approximate surface area is 107 Å². The molecule has 0 aliphatic rings. The van der Waals surface area contributed by atoms with Gasteiger partial charge in [-0.05, 0) is 12.8 Å². The maximum absolute atomic E-state index is 11.9. The number of carboxylic acids is 1. The van der Waals surface area contributed by atoms with Gasteiger partial charge >= 0.3 is 5.97 Å². The first-order valence-electron chi connectivity index (χ1n) is 6.31. The van der Waals surface area contributed by atoms with Crippen molar-refractivity contribution in [3.8, 4) is 0 Å². The second-order valence-corrected chi connectivity index (χ2v) is 4.39. The van der Waals surface area contributed by atoms with Crippen LogP contribution in [0.25, 0.3) is 0 Å². The second kappa shape index (κ2) is 8.88. The highest BCUT2D eigenvalue weighted by molar-refractivity contribution is 5.84. The maximum atomic E-state index is 11.9. The molecule has 0 aromatic rings. The molecule has 1 atom stereocenters. The van der Waals surface area contributed by atoms with Gasteiger partial charge in [-0.1, -0.05) is 26.7 Å². The molecule has 0 saturated heterocycles. The van der Waals surface area contributed by atoms with Crippen molar-refractivity contribution in [2.45, 2.75) is 58.3 Å². The van der Waals surface area contributed by atoms with Crippen LogP contribution in [0.15, 0.2) is 0 Å². The lowest BCUT2D eigenvalue weighted by Crippen LogP contribution is -2.45. The monoisotopic (exact) mass is 261 g/mol. The summed E-state index contributed by atoms with van der Waals surface area (Å²) in [6.07, 6.45) is 0.937. The van der Waals surface area contributed by atoms with Crippen molar-refractivity contribution in [2.24, 2.45) is 5.92 Å². The lowest BCUT2D eigenvalue weighted by atomic mass is 9.97. The van der Waals surface area contributed by atoms with Gasteiger partial charge in [0.25, 0.3) is 0 Å². The summed E-state index contributed by atoms with van der Waals surface area (Å²) in [5.74, 6) is -1.80. The van der Waals surface area contributed by atoms with Gasteiger partial charge in [-0.25, -0.2) is 4.79 Å². The van der Waals surface area contributed by atoms with Crippen molar-refractivity contribution in [1.29, 1.82) is 0 Å². The van der Waals surface area contributed by atoms with E-state index < -0.39 is 24.7 Å². The van der Waals surface area contributed by atoms with Crippen LogP contribution in [0.2, 0.25) is 0 Å². The van der Waals surface area contributed by atoms with Crippen molar-refractivity contribution < 1.29 is 24.9 Å². The Morgan fingerprint density at radius 1 is 1.11 bits per heavy atom. The highest BCUT2D eigenvalue weighted by atomic mass is 16.5. The zero-order valence-corrected chi connectivity index (χ0v) is 10.9. The topological polar surface area (TPSA) is 107 Å². The summed E-state index contributed by atoms with van der Waals surface area (Å²) < 4.78 is 0. The van der Waals surface area contributed by atoms with E-state index in [9.17, 15) is 9.59 Å². The van der Waals surface area contributed by atoms with Crippen LogP contribution in [0, 0.1) is 5.92 Å². The van der Waals surface area contributed by atoms with Gasteiger partial charge in [-0.3, -0.25) is 4.79 Å². The first-order chi connectivity index (χ1) is 8.42. The van der Waals surface area contributed by atoms with Crippen LogP contribution < -0.4 is 5.32 Å². The average molecular weight is 261 g/mol. The van der Waals surface area contributed by atoms with Crippen molar-refractivity contribution in [3.05, 3.63) is 0 Å². The summed E-state index contributed by atoms with van der Waals surface area (Å²) in [5, 5.41) is 28.8. The Balaban J connectivity index is 4.49. The Bertz CT molecular complexity index is 261. The van der Waals surface area contributed by atoms with Crippen LogP contribution in [0.5, 0.6) is 0 Å². The number of aliphatic carboxylic acids is 1. The first-order valence-corrected chi connectivity index (χ1v) is 6.31. The summed E-state index contributed by atoms with van der Waals surface area (Å²) in [4.78, 5) is 22.8. The van der Waals surface area contributed by atoms with Gasteiger partial charge in [0.05, 0.1) is 0 Å². The van der Waals surface area contributed by atoms with Crippen LogP contribution in [-0.2, 0) is 9.59 Å². The minimum atomic E-state index is -1.75. The van der Waals surface area contributed by atoms with Crippen molar-refractivity contribution in [3.63, 3.8) is 0 Å². The Kier molecular flexibility index (Phi) is 8.32. The number of aliphatic hydroxyl groups is 2. The van der Waals surface area contributed by atoms with E-state index in [0.29, 0.717) is 12.8 Å². The third kappa shape index (κ3) is 6.56. The molecule has 6 heteroatoms. The van der Waals surface area contributed by atoms with Crippen LogP contribution in [0.3, 0.4) is 0 Å². The normalized spacial score (nSPS) is 12.8. The molecule has 0 aromatic heterocycles. The predicted molar refractivity (Wildman–Crippen MR) is 65.7 cm³/mol. The van der Waals surface area contributed by atoms with E-state index in [-0.39, 0.29) is 11.8 Å². The van der Waals surface area contributed by atoms with Gasteiger partial charge < -0.3 is 20.6 Å². The number of carboxylic acid groups (broad SMARTS) is 1. The van der Waals surface area contributed by atoms with E-state index in [2.05, 4.69) is 5.32 Å². The fourth-order valence-electron chi connectivity index (χ4n) is 1.83. The minimum absolute atomic E-state index is 0.210. The van der Waals surface area contributed by atoms with Crippen molar-refractivity contribution >= 4 is 11.9 Å². The number of carbonyl (C=O) groups is 2. The quantitative estimate of drug-likeness (QED) is 0.451. The van der Waals surface area contributed by atoms with Gasteiger partial charge in [0.1, 0.15) is 6.04 Å². The number of hydrogen-bond donors (Lipinski definition) is 4. The standard InChI is InChI=1S/C12H23NO5/c1-3-5-8(6-4-2)11(16)13-9(12(17)18)7-10(14)15/h8-10,14-15H,3-7H2,1-2H3,(H,13,16)(H,17,18)/t9-/m0/s1. The minimum Gasteiger partial charge on any atom is -0.480 e. The molecule has 0 rings (SSSR count). The van der Waals surface area contributed by atoms with E-state index in [4.69, 9.17) is 15.3 Å². The molecule has 1 amide bonds. The summed E-state index contributed by atoms with van der Waals surface area (Å²) in [7, 11) is 0. The van der Waals surface area contributed by atoms with Crippen LogP contribution in [0.1, 0.15) is 46.0 Å². The molecule has 0 aliphatic carbocycles. The average Bonchev–Trinajstić information content (AvgIpc) is 2.27. The van der Waals surface area contributed by atoms with Gasteiger partial charge in [0.2, 0.25) is 5.91 Å². The van der Waals surface area contributed by atoms with Gasteiger partial charge in [-0.2, -0.15) is 0 Å². The molecule has 0 aliphatic heterocycles. The Morgan fingerprint density at radius 2 is 1.61 bits per heavy atom.